The molecule has 1 amide bonds. The Morgan fingerprint density at radius 2 is 2.05 bits per heavy atom. The highest BCUT2D eigenvalue weighted by molar-refractivity contribution is 5.94. The quantitative estimate of drug-likeness (QED) is 0.927. The molecule has 0 spiro atoms. The molecule has 2 aromatic rings. The van der Waals surface area contributed by atoms with Gasteiger partial charge in [-0.2, -0.15) is 0 Å². The Kier molecular flexibility index (Phi) is 3.92. The average Bonchev–Trinajstić information content (AvgIpc) is 2.92. The monoisotopic (exact) mass is 305 g/mol. The largest absolute Gasteiger partial charge is 0.346 e. The fourth-order valence-electron chi connectivity index (χ4n) is 2.89. The summed E-state index contributed by atoms with van der Waals surface area (Å²) in [6.45, 7) is 3.02. The molecule has 0 saturated carbocycles. The lowest BCUT2D eigenvalue weighted by atomic mass is 9.96. The van der Waals surface area contributed by atoms with Crippen LogP contribution in [0, 0.1) is 18.6 Å². The number of halogens is 2. The molecule has 1 aromatic carbocycles. The third kappa shape index (κ3) is 3.00. The topological polar surface area (TPSA) is 49.0 Å². The number of rotatable bonds is 2. The summed E-state index contributed by atoms with van der Waals surface area (Å²) in [5.74, 6) is -0.825. The van der Waals surface area contributed by atoms with Crippen molar-refractivity contribution < 1.29 is 13.6 Å². The van der Waals surface area contributed by atoms with Gasteiger partial charge in [0.05, 0.1) is 0 Å². The second kappa shape index (κ2) is 5.87. The molecule has 2 heterocycles. The predicted molar refractivity (Wildman–Crippen MR) is 77.6 cm³/mol. The molecule has 1 N–H and O–H groups in total. The van der Waals surface area contributed by atoms with E-state index in [1.54, 1.807) is 11.1 Å². The summed E-state index contributed by atoms with van der Waals surface area (Å²) in [5, 5.41) is 0. The second-order valence-corrected chi connectivity index (χ2v) is 5.70. The van der Waals surface area contributed by atoms with Crippen LogP contribution in [0.2, 0.25) is 0 Å². The van der Waals surface area contributed by atoms with E-state index in [4.69, 9.17) is 0 Å². The number of imidazole rings is 1. The van der Waals surface area contributed by atoms with Gasteiger partial charge in [-0.3, -0.25) is 4.79 Å². The van der Waals surface area contributed by atoms with Gasteiger partial charge in [0.15, 0.2) is 0 Å². The van der Waals surface area contributed by atoms with E-state index in [0.29, 0.717) is 13.1 Å². The summed E-state index contributed by atoms with van der Waals surface area (Å²) < 4.78 is 26.5. The zero-order valence-corrected chi connectivity index (χ0v) is 12.3. The van der Waals surface area contributed by atoms with Gasteiger partial charge >= 0.3 is 0 Å². The molecule has 22 heavy (non-hydrogen) atoms. The molecule has 1 fully saturated rings. The number of aromatic nitrogens is 2. The minimum Gasteiger partial charge on any atom is -0.346 e. The number of aromatic amines is 1. The van der Waals surface area contributed by atoms with Gasteiger partial charge in [-0.1, -0.05) is 0 Å². The maximum atomic E-state index is 13.3. The van der Waals surface area contributed by atoms with Gasteiger partial charge in [0.1, 0.15) is 17.5 Å². The van der Waals surface area contributed by atoms with Crippen molar-refractivity contribution in [1.29, 1.82) is 0 Å². The lowest BCUT2D eigenvalue weighted by Gasteiger charge is -2.32. The maximum absolute atomic E-state index is 13.3. The first kappa shape index (κ1) is 14.7. The molecule has 0 bridgehead atoms. The summed E-state index contributed by atoms with van der Waals surface area (Å²) in [7, 11) is 0. The van der Waals surface area contributed by atoms with E-state index < -0.39 is 11.6 Å². The van der Waals surface area contributed by atoms with Crippen molar-refractivity contribution in [2.75, 3.05) is 13.1 Å². The highest BCUT2D eigenvalue weighted by Gasteiger charge is 2.27. The Morgan fingerprint density at radius 3 is 2.68 bits per heavy atom. The molecule has 116 valence electrons. The third-order valence-corrected chi connectivity index (χ3v) is 3.93. The highest BCUT2D eigenvalue weighted by Crippen LogP contribution is 2.26. The number of amides is 1. The molecule has 6 heteroatoms. The number of carbonyl (C=O) groups is 1. The lowest BCUT2D eigenvalue weighted by molar-refractivity contribution is 0.0703. The number of carbonyl (C=O) groups excluding carboxylic acids is 1. The van der Waals surface area contributed by atoms with Crippen LogP contribution in [0.3, 0.4) is 0 Å². The van der Waals surface area contributed by atoms with Crippen molar-refractivity contribution >= 4 is 5.91 Å². The first-order chi connectivity index (χ1) is 10.5. The summed E-state index contributed by atoms with van der Waals surface area (Å²) in [5.41, 5.74) is 1.03. The number of hydrogen-bond donors (Lipinski definition) is 1. The minimum atomic E-state index is -0.737. The Labute approximate surface area is 127 Å². The first-order valence-corrected chi connectivity index (χ1v) is 7.30. The van der Waals surface area contributed by atoms with Crippen molar-refractivity contribution in [3.8, 4) is 0 Å². The summed E-state index contributed by atoms with van der Waals surface area (Å²) in [6.07, 6.45) is 3.54. The summed E-state index contributed by atoms with van der Waals surface area (Å²) in [4.78, 5) is 21.6. The van der Waals surface area contributed by atoms with Crippen LogP contribution in [0.25, 0.3) is 0 Å². The van der Waals surface area contributed by atoms with E-state index in [1.807, 2.05) is 6.92 Å². The third-order valence-electron chi connectivity index (χ3n) is 3.93. The van der Waals surface area contributed by atoms with Crippen molar-refractivity contribution in [2.24, 2.45) is 0 Å². The van der Waals surface area contributed by atoms with Gasteiger partial charge in [-0.05, 0) is 31.9 Å². The molecule has 3 rings (SSSR count). The number of H-pyrrole nitrogens is 1. The van der Waals surface area contributed by atoms with E-state index in [-0.39, 0.29) is 17.4 Å². The van der Waals surface area contributed by atoms with Gasteiger partial charge < -0.3 is 9.88 Å². The van der Waals surface area contributed by atoms with Gasteiger partial charge in [0.25, 0.3) is 5.91 Å². The Bertz CT molecular complexity index is 678. The van der Waals surface area contributed by atoms with Crippen molar-refractivity contribution in [1.82, 2.24) is 14.9 Å². The van der Waals surface area contributed by atoms with Gasteiger partial charge in [0.2, 0.25) is 0 Å². The van der Waals surface area contributed by atoms with Crippen molar-refractivity contribution in [3.05, 3.63) is 53.1 Å². The fraction of sp³-hybridized carbons (Fsp3) is 0.375. The number of benzene rings is 1. The standard InChI is InChI=1S/C16H17F2N3O/c1-10-8-19-15(20-10)11-3-2-4-21(9-11)16(22)12-5-13(17)7-14(18)6-12/h5-8,11H,2-4,9H2,1H3,(H,19,20)/t11-/m0/s1. The first-order valence-electron chi connectivity index (χ1n) is 7.30. The molecule has 1 aliphatic heterocycles. The molecule has 1 aromatic heterocycles. The van der Waals surface area contributed by atoms with Crippen LogP contribution < -0.4 is 0 Å². The number of hydrogen-bond acceptors (Lipinski definition) is 2. The Morgan fingerprint density at radius 1 is 1.32 bits per heavy atom. The van der Waals surface area contributed by atoms with E-state index in [0.717, 1.165) is 42.6 Å². The molecule has 1 aliphatic rings. The molecule has 1 atom stereocenters. The Hall–Kier alpha value is -2.24. The molecular weight excluding hydrogens is 288 g/mol. The highest BCUT2D eigenvalue weighted by atomic mass is 19.1. The van der Waals surface area contributed by atoms with E-state index in [9.17, 15) is 13.6 Å². The number of likely N-dealkylation sites (tertiary alicyclic amines) is 1. The summed E-state index contributed by atoms with van der Waals surface area (Å²) in [6, 6.07) is 2.92. The van der Waals surface area contributed by atoms with Crippen LogP contribution in [-0.2, 0) is 0 Å². The van der Waals surface area contributed by atoms with Crippen LogP contribution in [-0.4, -0.2) is 33.9 Å². The molecule has 0 radical (unpaired) electrons. The normalized spacial score (nSPS) is 18.5. The number of nitrogens with one attached hydrogen (secondary N) is 1. The fourth-order valence-corrected chi connectivity index (χ4v) is 2.89. The lowest BCUT2D eigenvalue weighted by Crippen LogP contribution is -2.39. The van der Waals surface area contributed by atoms with Crippen molar-refractivity contribution in [3.63, 3.8) is 0 Å². The molecule has 0 aliphatic carbocycles. The van der Waals surface area contributed by atoms with Crippen molar-refractivity contribution in [2.45, 2.75) is 25.7 Å². The minimum absolute atomic E-state index is 0.0498. The molecule has 0 unspecified atom stereocenters. The number of nitrogens with zero attached hydrogens (tertiary/aromatic N) is 2. The Balaban J connectivity index is 1.77. The smallest absolute Gasteiger partial charge is 0.254 e. The van der Waals surface area contributed by atoms with Crippen LogP contribution >= 0.6 is 0 Å². The van der Waals surface area contributed by atoms with E-state index in [2.05, 4.69) is 9.97 Å². The second-order valence-electron chi connectivity index (χ2n) is 5.70. The van der Waals surface area contributed by atoms with Crippen LogP contribution in [0.4, 0.5) is 8.78 Å². The zero-order valence-electron chi connectivity index (χ0n) is 12.3. The van der Waals surface area contributed by atoms with Crippen LogP contribution in [0.1, 0.15) is 40.6 Å². The maximum Gasteiger partial charge on any atom is 0.254 e. The predicted octanol–water partition coefficient (Wildman–Crippen LogP) is 3.02. The molecular formula is C16H17F2N3O. The molecule has 4 nitrogen and oxygen atoms in total. The number of aryl methyl sites for hydroxylation is 1. The van der Waals surface area contributed by atoms with Gasteiger partial charge in [-0.15, -0.1) is 0 Å². The van der Waals surface area contributed by atoms with Crippen LogP contribution in [0.5, 0.6) is 0 Å². The average molecular weight is 305 g/mol. The molecule has 1 saturated heterocycles. The zero-order chi connectivity index (χ0) is 15.7. The van der Waals surface area contributed by atoms with Crippen LogP contribution in [0.15, 0.2) is 24.4 Å². The van der Waals surface area contributed by atoms with E-state index in [1.165, 1.54) is 0 Å². The van der Waals surface area contributed by atoms with E-state index >= 15 is 0 Å². The number of piperidine rings is 1. The van der Waals surface area contributed by atoms with Gasteiger partial charge in [-0.25, -0.2) is 13.8 Å². The van der Waals surface area contributed by atoms with Gasteiger partial charge in [0, 0.05) is 42.5 Å². The summed E-state index contributed by atoms with van der Waals surface area (Å²) >= 11 is 0. The SMILES string of the molecule is Cc1cnc([C@H]2CCCN(C(=O)c3cc(F)cc(F)c3)C2)[nH]1.